The molecule has 2 nitrogen and oxygen atoms in total. The first-order chi connectivity index (χ1) is 6.36. The predicted octanol–water partition coefficient (Wildman–Crippen LogP) is 0.655. The fraction of sp³-hybridized carbons (Fsp3) is 0.818. The number of hydrogen-bond donors (Lipinski definition) is 2. The molecule has 0 saturated heterocycles. The largest absolute Gasteiger partial charge is 0.396 e. The summed E-state index contributed by atoms with van der Waals surface area (Å²) in [7, 11) is 0. The Bertz CT molecular complexity index is 224. The van der Waals surface area contributed by atoms with Gasteiger partial charge in [0, 0.05) is 13.2 Å². The summed E-state index contributed by atoms with van der Waals surface area (Å²) in [6.07, 6.45) is 5.92. The zero-order chi connectivity index (χ0) is 9.00. The van der Waals surface area contributed by atoms with Gasteiger partial charge in [0.15, 0.2) is 0 Å². The highest BCUT2D eigenvalue weighted by Crippen LogP contribution is 2.63. The normalized spacial score (nSPS) is 56.5. The lowest BCUT2D eigenvalue weighted by atomic mass is 9.53. The number of allylic oxidation sites excluding steroid dienone is 2. The van der Waals surface area contributed by atoms with Crippen molar-refractivity contribution in [3.8, 4) is 0 Å². The van der Waals surface area contributed by atoms with E-state index in [1.807, 2.05) is 0 Å². The molecular weight excluding hydrogens is 164 g/mol. The first-order valence-electron chi connectivity index (χ1n) is 5.27. The van der Waals surface area contributed by atoms with Crippen LogP contribution >= 0.6 is 0 Å². The van der Waals surface area contributed by atoms with Crippen LogP contribution in [0.1, 0.15) is 6.42 Å². The Morgan fingerprint density at radius 2 is 1.38 bits per heavy atom. The molecule has 3 aliphatic rings. The molecule has 0 unspecified atom stereocenters. The molecule has 0 aromatic carbocycles. The second kappa shape index (κ2) is 2.58. The zero-order valence-corrected chi connectivity index (χ0v) is 7.63. The van der Waals surface area contributed by atoms with E-state index in [-0.39, 0.29) is 13.2 Å². The van der Waals surface area contributed by atoms with Crippen molar-refractivity contribution in [3.05, 3.63) is 12.2 Å². The summed E-state index contributed by atoms with van der Waals surface area (Å²) in [4.78, 5) is 0. The molecule has 0 spiro atoms. The maximum atomic E-state index is 9.23. The third-order valence-corrected chi connectivity index (χ3v) is 4.54. The Morgan fingerprint density at radius 1 is 0.923 bits per heavy atom. The van der Waals surface area contributed by atoms with Crippen molar-refractivity contribution in [1.82, 2.24) is 0 Å². The van der Waals surface area contributed by atoms with E-state index < -0.39 is 0 Å². The fourth-order valence-electron chi connectivity index (χ4n) is 4.04. The number of fused-ring (bicyclic) bond motifs is 5. The van der Waals surface area contributed by atoms with E-state index in [2.05, 4.69) is 12.2 Å². The second-order valence-electron chi connectivity index (χ2n) is 4.80. The molecule has 2 fully saturated rings. The van der Waals surface area contributed by atoms with Gasteiger partial charge < -0.3 is 10.2 Å². The van der Waals surface area contributed by atoms with Crippen molar-refractivity contribution >= 4 is 0 Å². The van der Waals surface area contributed by atoms with Gasteiger partial charge in [-0.25, -0.2) is 0 Å². The van der Waals surface area contributed by atoms with Crippen molar-refractivity contribution in [1.29, 1.82) is 0 Å². The van der Waals surface area contributed by atoms with Crippen LogP contribution in [0.5, 0.6) is 0 Å². The summed E-state index contributed by atoms with van der Waals surface area (Å²) < 4.78 is 0. The monoisotopic (exact) mass is 180 g/mol. The molecular formula is C11H16O2. The quantitative estimate of drug-likeness (QED) is 0.613. The van der Waals surface area contributed by atoms with Gasteiger partial charge in [0.1, 0.15) is 0 Å². The first-order valence-corrected chi connectivity index (χ1v) is 5.27. The van der Waals surface area contributed by atoms with Gasteiger partial charge >= 0.3 is 0 Å². The lowest BCUT2D eigenvalue weighted by Crippen LogP contribution is -2.52. The Morgan fingerprint density at radius 3 is 1.77 bits per heavy atom. The summed E-state index contributed by atoms with van der Waals surface area (Å²) in [5.74, 6) is 3.59. The van der Waals surface area contributed by atoms with E-state index >= 15 is 0 Å². The van der Waals surface area contributed by atoms with Gasteiger partial charge in [-0.2, -0.15) is 0 Å². The molecule has 0 radical (unpaired) electrons. The standard InChI is InChI=1S/C11H16O2/c12-4-8-9(5-13)11-7-2-1-6(3-7)10(8)11/h1-2,6-13H,3-5H2/t6-,7+,8+,9-,10-,11+. The van der Waals surface area contributed by atoms with Gasteiger partial charge in [0.2, 0.25) is 0 Å². The van der Waals surface area contributed by atoms with Gasteiger partial charge in [0.25, 0.3) is 0 Å². The maximum absolute atomic E-state index is 9.23. The van der Waals surface area contributed by atoms with Gasteiger partial charge in [-0.05, 0) is 41.9 Å². The molecule has 0 amide bonds. The molecule has 2 heteroatoms. The van der Waals surface area contributed by atoms with E-state index in [9.17, 15) is 10.2 Å². The highest BCUT2D eigenvalue weighted by molar-refractivity contribution is 5.20. The highest BCUT2D eigenvalue weighted by atomic mass is 16.3. The lowest BCUT2D eigenvalue weighted by molar-refractivity contribution is -0.0847. The smallest absolute Gasteiger partial charge is 0.0465 e. The van der Waals surface area contributed by atoms with Gasteiger partial charge in [0.05, 0.1) is 0 Å². The van der Waals surface area contributed by atoms with Crippen molar-refractivity contribution in [2.45, 2.75) is 6.42 Å². The third kappa shape index (κ3) is 0.810. The van der Waals surface area contributed by atoms with E-state index in [1.165, 1.54) is 6.42 Å². The van der Waals surface area contributed by atoms with Crippen molar-refractivity contribution < 1.29 is 10.2 Å². The summed E-state index contributed by atoms with van der Waals surface area (Å²) in [5.41, 5.74) is 0. The van der Waals surface area contributed by atoms with Crippen molar-refractivity contribution in [2.75, 3.05) is 13.2 Å². The van der Waals surface area contributed by atoms with Crippen molar-refractivity contribution in [3.63, 3.8) is 0 Å². The molecule has 0 aliphatic heterocycles. The summed E-state index contributed by atoms with van der Waals surface area (Å²) in [6, 6.07) is 0. The first kappa shape index (κ1) is 8.01. The topological polar surface area (TPSA) is 40.5 Å². The molecule has 0 aromatic rings. The minimum Gasteiger partial charge on any atom is -0.396 e. The van der Waals surface area contributed by atoms with Crippen LogP contribution in [-0.2, 0) is 0 Å². The van der Waals surface area contributed by atoms with E-state index in [0.29, 0.717) is 23.7 Å². The molecule has 2 bridgehead atoms. The molecule has 13 heavy (non-hydrogen) atoms. The highest BCUT2D eigenvalue weighted by Gasteiger charge is 2.60. The summed E-state index contributed by atoms with van der Waals surface area (Å²) in [6.45, 7) is 0.535. The Balaban J connectivity index is 1.86. The van der Waals surface area contributed by atoms with Crippen LogP contribution in [0.2, 0.25) is 0 Å². The average molecular weight is 180 g/mol. The summed E-state index contributed by atoms with van der Waals surface area (Å²) in [5, 5.41) is 18.5. The fourth-order valence-corrected chi connectivity index (χ4v) is 4.04. The van der Waals surface area contributed by atoms with Gasteiger partial charge in [-0.15, -0.1) is 0 Å². The number of rotatable bonds is 2. The number of aliphatic hydroxyl groups excluding tert-OH is 2. The molecule has 3 rings (SSSR count). The van der Waals surface area contributed by atoms with Gasteiger partial charge in [-0.1, -0.05) is 12.2 Å². The minimum atomic E-state index is 0.267. The van der Waals surface area contributed by atoms with Crippen molar-refractivity contribution in [2.24, 2.45) is 35.5 Å². The molecule has 72 valence electrons. The van der Waals surface area contributed by atoms with E-state index in [4.69, 9.17) is 0 Å². The molecule has 0 aromatic heterocycles. The number of hydrogen-bond acceptors (Lipinski definition) is 2. The van der Waals surface area contributed by atoms with Crippen LogP contribution in [0.4, 0.5) is 0 Å². The van der Waals surface area contributed by atoms with Crippen LogP contribution in [0, 0.1) is 35.5 Å². The predicted molar refractivity (Wildman–Crippen MR) is 48.9 cm³/mol. The summed E-state index contributed by atoms with van der Waals surface area (Å²) >= 11 is 0. The molecule has 0 heterocycles. The average Bonchev–Trinajstić information content (AvgIpc) is 2.63. The van der Waals surface area contributed by atoms with Crippen LogP contribution < -0.4 is 0 Å². The Hall–Kier alpha value is -0.340. The minimum absolute atomic E-state index is 0.267. The molecule has 2 N–H and O–H groups in total. The zero-order valence-electron chi connectivity index (χ0n) is 7.63. The molecule has 2 saturated carbocycles. The molecule has 3 aliphatic carbocycles. The van der Waals surface area contributed by atoms with E-state index in [0.717, 1.165) is 11.8 Å². The SMILES string of the molecule is OC[C@@H]1[C@H](CO)[C@@H]2[C@H]1[C@H]1C=C[C@@H]2C1. The van der Waals surface area contributed by atoms with Crippen LogP contribution in [0.3, 0.4) is 0 Å². The number of aliphatic hydroxyl groups is 2. The Kier molecular flexibility index (Phi) is 1.59. The second-order valence-corrected chi connectivity index (χ2v) is 4.80. The maximum Gasteiger partial charge on any atom is 0.0465 e. The van der Waals surface area contributed by atoms with Crippen LogP contribution in [0.15, 0.2) is 12.2 Å². The Labute approximate surface area is 78.3 Å². The van der Waals surface area contributed by atoms with Crippen LogP contribution in [-0.4, -0.2) is 23.4 Å². The lowest BCUT2D eigenvalue weighted by Gasteiger charge is -2.52. The van der Waals surface area contributed by atoms with Crippen LogP contribution in [0.25, 0.3) is 0 Å². The van der Waals surface area contributed by atoms with Gasteiger partial charge in [-0.3, -0.25) is 0 Å². The molecule has 6 atom stereocenters. The third-order valence-electron chi connectivity index (χ3n) is 4.54. The van der Waals surface area contributed by atoms with E-state index in [1.54, 1.807) is 0 Å².